The molecule has 102 valence electrons. The lowest BCUT2D eigenvalue weighted by molar-refractivity contribution is 0.0909. The zero-order valence-electron chi connectivity index (χ0n) is 11.2. The van der Waals surface area contributed by atoms with Crippen LogP contribution in [0, 0.1) is 6.92 Å². The molecular formula is C13H17N3O2S. The van der Waals surface area contributed by atoms with Crippen LogP contribution in [0.1, 0.15) is 40.8 Å². The SMILES string of the molecule is CSCc1ccc(C(=O)N[C@@H](C)c2ncc(C)[nH]2)o1. The summed E-state index contributed by atoms with van der Waals surface area (Å²) >= 11 is 1.65. The van der Waals surface area contributed by atoms with E-state index in [-0.39, 0.29) is 11.9 Å². The van der Waals surface area contributed by atoms with Crippen molar-refractivity contribution in [2.24, 2.45) is 0 Å². The Kier molecular flexibility index (Phi) is 4.31. The molecule has 0 unspecified atom stereocenters. The van der Waals surface area contributed by atoms with E-state index in [0.717, 1.165) is 23.0 Å². The highest BCUT2D eigenvalue weighted by atomic mass is 32.2. The molecule has 2 aromatic heterocycles. The smallest absolute Gasteiger partial charge is 0.287 e. The number of aromatic nitrogens is 2. The van der Waals surface area contributed by atoms with Crippen molar-refractivity contribution < 1.29 is 9.21 Å². The van der Waals surface area contributed by atoms with Gasteiger partial charge in [-0.15, -0.1) is 0 Å². The molecule has 5 nitrogen and oxygen atoms in total. The van der Waals surface area contributed by atoms with Gasteiger partial charge in [0.25, 0.3) is 5.91 Å². The van der Waals surface area contributed by atoms with Gasteiger partial charge in [-0.05, 0) is 32.2 Å². The second kappa shape index (κ2) is 5.97. The summed E-state index contributed by atoms with van der Waals surface area (Å²) < 4.78 is 5.46. The number of hydrogen-bond acceptors (Lipinski definition) is 4. The van der Waals surface area contributed by atoms with Crippen LogP contribution in [0.3, 0.4) is 0 Å². The van der Waals surface area contributed by atoms with Crippen molar-refractivity contribution in [3.05, 3.63) is 41.4 Å². The van der Waals surface area contributed by atoms with Crippen molar-refractivity contribution in [2.45, 2.75) is 25.6 Å². The Bertz CT molecular complexity index is 562. The van der Waals surface area contributed by atoms with Gasteiger partial charge in [0.15, 0.2) is 5.76 Å². The number of aromatic amines is 1. The van der Waals surface area contributed by atoms with Crippen LogP contribution in [0.2, 0.25) is 0 Å². The summed E-state index contributed by atoms with van der Waals surface area (Å²) in [6, 6.07) is 3.34. The van der Waals surface area contributed by atoms with Gasteiger partial charge in [-0.25, -0.2) is 4.98 Å². The Labute approximate surface area is 116 Å². The number of furan rings is 1. The molecule has 0 saturated heterocycles. The maximum absolute atomic E-state index is 12.0. The van der Waals surface area contributed by atoms with E-state index in [1.54, 1.807) is 24.0 Å². The Balaban J connectivity index is 1.99. The second-order valence-corrected chi connectivity index (χ2v) is 5.21. The molecule has 0 aliphatic heterocycles. The molecule has 0 fully saturated rings. The van der Waals surface area contributed by atoms with Crippen LogP contribution in [-0.2, 0) is 5.75 Å². The lowest BCUT2D eigenvalue weighted by Crippen LogP contribution is -2.27. The maximum Gasteiger partial charge on any atom is 0.287 e. The molecule has 0 spiro atoms. The fourth-order valence-electron chi connectivity index (χ4n) is 1.71. The van der Waals surface area contributed by atoms with Crippen LogP contribution in [0.4, 0.5) is 0 Å². The Morgan fingerprint density at radius 2 is 2.37 bits per heavy atom. The number of hydrogen-bond donors (Lipinski definition) is 2. The standard InChI is InChI=1S/C13H17N3O2S/c1-8-6-14-12(15-8)9(2)16-13(17)11-5-4-10(18-11)7-19-3/h4-6,9H,7H2,1-3H3,(H,14,15)(H,16,17)/t9-/m0/s1. The number of amides is 1. The normalized spacial score (nSPS) is 12.4. The molecule has 2 N–H and O–H groups in total. The topological polar surface area (TPSA) is 70.9 Å². The predicted molar refractivity (Wildman–Crippen MR) is 75.1 cm³/mol. The van der Waals surface area contributed by atoms with Crippen LogP contribution < -0.4 is 5.32 Å². The van der Waals surface area contributed by atoms with Crippen LogP contribution >= 0.6 is 11.8 Å². The van der Waals surface area contributed by atoms with Crippen molar-refractivity contribution in [1.29, 1.82) is 0 Å². The molecule has 2 heterocycles. The van der Waals surface area contributed by atoms with Crippen molar-refractivity contribution in [2.75, 3.05) is 6.26 Å². The lowest BCUT2D eigenvalue weighted by atomic mass is 10.3. The number of nitrogens with zero attached hydrogens (tertiary/aromatic N) is 1. The number of imidazole rings is 1. The molecule has 19 heavy (non-hydrogen) atoms. The van der Waals surface area contributed by atoms with E-state index in [9.17, 15) is 4.79 Å². The Morgan fingerprint density at radius 3 is 3.00 bits per heavy atom. The van der Waals surface area contributed by atoms with Gasteiger partial charge < -0.3 is 14.7 Å². The van der Waals surface area contributed by atoms with E-state index in [4.69, 9.17) is 4.42 Å². The molecule has 6 heteroatoms. The van der Waals surface area contributed by atoms with E-state index in [1.807, 2.05) is 26.2 Å². The average Bonchev–Trinajstić information content (AvgIpc) is 2.98. The van der Waals surface area contributed by atoms with Gasteiger partial charge in [-0.1, -0.05) is 0 Å². The van der Waals surface area contributed by atoms with Gasteiger partial charge in [-0.2, -0.15) is 11.8 Å². The number of nitrogens with one attached hydrogen (secondary N) is 2. The molecule has 2 rings (SSSR count). The van der Waals surface area contributed by atoms with E-state index < -0.39 is 0 Å². The number of carbonyl (C=O) groups is 1. The number of rotatable bonds is 5. The minimum Gasteiger partial charge on any atom is -0.455 e. The van der Waals surface area contributed by atoms with Gasteiger partial charge in [0, 0.05) is 11.9 Å². The number of thioether (sulfide) groups is 1. The summed E-state index contributed by atoms with van der Waals surface area (Å²) in [6.07, 6.45) is 3.73. The minimum absolute atomic E-state index is 0.185. The first-order chi connectivity index (χ1) is 9.10. The van der Waals surface area contributed by atoms with Crippen molar-refractivity contribution in [1.82, 2.24) is 15.3 Å². The molecule has 0 aliphatic rings. The first kappa shape index (κ1) is 13.7. The second-order valence-electron chi connectivity index (χ2n) is 4.35. The summed E-state index contributed by atoms with van der Waals surface area (Å²) in [6.45, 7) is 3.80. The molecule has 1 atom stereocenters. The molecule has 0 aromatic carbocycles. The first-order valence-corrected chi connectivity index (χ1v) is 7.39. The molecular weight excluding hydrogens is 262 g/mol. The number of aryl methyl sites for hydroxylation is 1. The van der Waals surface area contributed by atoms with Gasteiger partial charge in [0.05, 0.1) is 11.8 Å². The van der Waals surface area contributed by atoms with Crippen molar-refractivity contribution in [3.63, 3.8) is 0 Å². The third kappa shape index (κ3) is 3.41. The Hall–Kier alpha value is -1.69. The Morgan fingerprint density at radius 1 is 1.58 bits per heavy atom. The third-order valence-electron chi connectivity index (χ3n) is 2.65. The molecule has 0 radical (unpaired) electrons. The summed E-state index contributed by atoms with van der Waals surface area (Å²) in [5.74, 6) is 2.41. The fourth-order valence-corrected chi connectivity index (χ4v) is 2.15. The third-order valence-corrected chi connectivity index (χ3v) is 3.23. The minimum atomic E-state index is -0.228. The largest absolute Gasteiger partial charge is 0.455 e. The van der Waals surface area contributed by atoms with Crippen LogP contribution in [0.25, 0.3) is 0 Å². The molecule has 0 saturated carbocycles. The maximum atomic E-state index is 12.0. The number of carbonyl (C=O) groups excluding carboxylic acids is 1. The highest BCUT2D eigenvalue weighted by Gasteiger charge is 2.16. The summed E-state index contributed by atoms with van der Waals surface area (Å²) in [5.41, 5.74) is 0.969. The van der Waals surface area contributed by atoms with Gasteiger partial charge >= 0.3 is 0 Å². The fraction of sp³-hybridized carbons (Fsp3) is 0.385. The van der Waals surface area contributed by atoms with Gasteiger partial charge in [-0.3, -0.25) is 4.79 Å². The van der Waals surface area contributed by atoms with Crippen LogP contribution in [0.5, 0.6) is 0 Å². The van der Waals surface area contributed by atoms with Gasteiger partial charge in [0.1, 0.15) is 11.6 Å². The number of H-pyrrole nitrogens is 1. The van der Waals surface area contributed by atoms with Gasteiger partial charge in [0.2, 0.25) is 0 Å². The van der Waals surface area contributed by atoms with E-state index in [2.05, 4.69) is 15.3 Å². The zero-order chi connectivity index (χ0) is 13.8. The summed E-state index contributed by atoms with van der Waals surface area (Å²) in [4.78, 5) is 19.3. The monoisotopic (exact) mass is 279 g/mol. The van der Waals surface area contributed by atoms with Crippen LogP contribution in [0.15, 0.2) is 22.7 Å². The molecule has 2 aromatic rings. The quantitative estimate of drug-likeness (QED) is 0.882. The lowest BCUT2D eigenvalue weighted by Gasteiger charge is -2.09. The zero-order valence-corrected chi connectivity index (χ0v) is 12.0. The predicted octanol–water partition coefficient (Wildman–Crippen LogP) is 2.67. The molecule has 0 aliphatic carbocycles. The van der Waals surface area contributed by atoms with Crippen LogP contribution in [-0.4, -0.2) is 22.1 Å². The van der Waals surface area contributed by atoms with Crippen molar-refractivity contribution in [3.8, 4) is 0 Å². The summed E-state index contributed by atoms with van der Waals surface area (Å²) in [5, 5.41) is 2.85. The molecule has 0 bridgehead atoms. The highest BCUT2D eigenvalue weighted by molar-refractivity contribution is 7.97. The highest BCUT2D eigenvalue weighted by Crippen LogP contribution is 2.15. The van der Waals surface area contributed by atoms with E-state index >= 15 is 0 Å². The van der Waals surface area contributed by atoms with Crippen molar-refractivity contribution >= 4 is 17.7 Å². The van der Waals surface area contributed by atoms with E-state index in [0.29, 0.717) is 5.76 Å². The molecule has 1 amide bonds. The summed E-state index contributed by atoms with van der Waals surface area (Å²) in [7, 11) is 0. The first-order valence-electron chi connectivity index (χ1n) is 6.00. The average molecular weight is 279 g/mol. The van der Waals surface area contributed by atoms with E-state index in [1.165, 1.54) is 0 Å².